The number of hydrogen-bond acceptors (Lipinski definition) is 3. The zero-order valence-corrected chi connectivity index (χ0v) is 9.79. The summed E-state index contributed by atoms with van der Waals surface area (Å²) in [5.41, 5.74) is 1.14. The Bertz CT molecular complexity index is 281. The van der Waals surface area contributed by atoms with E-state index in [2.05, 4.69) is 26.2 Å². The zero-order chi connectivity index (χ0) is 10.4. The first-order chi connectivity index (χ1) is 6.72. The van der Waals surface area contributed by atoms with E-state index in [0.717, 1.165) is 23.1 Å². The highest BCUT2D eigenvalue weighted by molar-refractivity contribution is 9.10. The minimum Gasteiger partial charge on any atom is -0.396 e. The predicted octanol–water partition coefficient (Wildman–Crippen LogP) is 1.56. The first-order valence-corrected chi connectivity index (χ1v) is 5.42. The molecule has 1 unspecified atom stereocenters. The number of aromatic nitrogens is 1. The summed E-state index contributed by atoms with van der Waals surface area (Å²) in [4.78, 5) is 4.07. The van der Waals surface area contributed by atoms with E-state index in [1.165, 1.54) is 0 Å². The van der Waals surface area contributed by atoms with Crippen LogP contribution in [0.5, 0.6) is 0 Å². The third kappa shape index (κ3) is 4.17. The lowest BCUT2D eigenvalue weighted by Crippen LogP contribution is -2.22. The molecule has 0 aromatic carbocycles. The standard InChI is InChI=1S/C10H15BrN2O/c1-8(7-14)3-12-4-9-2-10(11)6-13-5-9/h2,5-6,8,12,14H,3-4,7H2,1H3. The molecule has 78 valence electrons. The van der Waals surface area contributed by atoms with Gasteiger partial charge in [-0.2, -0.15) is 0 Å². The molecule has 1 aromatic rings. The Morgan fingerprint density at radius 1 is 1.57 bits per heavy atom. The molecule has 2 N–H and O–H groups in total. The predicted molar refractivity (Wildman–Crippen MR) is 59.9 cm³/mol. The van der Waals surface area contributed by atoms with E-state index >= 15 is 0 Å². The maximum Gasteiger partial charge on any atom is 0.0468 e. The van der Waals surface area contributed by atoms with E-state index in [9.17, 15) is 0 Å². The summed E-state index contributed by atoms with van der Waals surface area (Å²) in [6.07, 6.45) is 3.60. The Labute approximate surface area is 92.7 Å². The van der Waals surface area contributed by atoms with Gasteiger partial charge in [0.25, 0.3) is 0 Å². The molecule has 4 heteroatoms. The third-order valence-corrected chi connectivity index (χ3v) is 2.33. The van der Waals surface area contributed by atoms with Gasteiger partial charge in [-0.05, 0) is 33.5 Å². The van der Waals surface area contributed by atoms with Crippen molar-refractivity contribution in [1.29, 1.82) is 0 Å². The van der Waals surface area contributed by atoms with Gasteiger partial charge in [0.15, 0.2) is 0 Å². The SMILES string of the molecule is CC(CO)CNCc1cncc(Br)c1. The number of nitrogens with zero attached hydrogens (tertiary/aromatic N) is 1. The molecule has 0 radical (unpaired) electrons. The van der Waals surface area contributed by atoms with Crippen molar-refractivity contribution in [3.05, 3.63) is 28.5 Å². The number of halogens is 1. The number of rotatable bonds is 5. The smallest absolute Gasteiger partial charge is 0.0468 e. The maximum absolute atomic E-state index is 8.82. The van der Waals surface area contributed by atoms with Gasteiger partial charge in [-0.1, -0.05) is 6.92 Å². The molecule has 0 saturated carbocycles. The van der Waals surface area contributed by atoms with Crippen LogP contribution >= 0.6 is 15.9 Å². The molecule has 0 amide bonds. The van der Waals surface area contributed by atoms with Crippen molar-refractivity contribution < 1.29 is 5.11 Å². The summed E-state index contributed by atoms with van der Waals surface area (Å²) >= 11 is 3.37. The van der Waals surface area contributed by atoms with Crippen LogP contribution in [0.1, 0.15) is 12.5 Å². The molecule has 1 heterocycles. The minimum atomic E-state index is 0.226. The van der Waals surface area contributed by atoms with Gasteiger partial charge in [0.1, 0.15) is 0 Å². The Balaban J connectivity index is 2.31. The highest BCUT2D eigenvalue weighted by atomic mass is 79.9. The molecule has 3 nitrogen and oxygen atoms in total. The minimum absolute atomic E-state index is 0.226. The quantitative estimate of drug-likeness (QED) is 0.843. The van der Waals surface area contributed by atoms with Crippen molar-refractivity contribution >= 4 is 15.9 Å². The van der Waals surface area contributed by atoms with E-state index in [1.807, 2.05) is 19.2 Å². The summed E-state index contributed by atoms with van der Waals surface area (Å²) in [6, 6.07) is 2.03. The molecule has 0 fully saturated rings. The van der Waals surface area contributed by atoms with Gasteiger partial charge < -0.3 is 10.4 Å². The summed E-state index contributed by atoms with van der Waals surface area (Å²) < 4.78 is 0.993. The number of hydrogen-bond donors (Lipinski definition) is 2. The number of aliphatic hydroxyl groups is 1. The Kier molecular flexibility index (Phi) is 5.07. The highest BCUT2D eigenvalue weighted by Crippen LogP contribution is 2.09. The number of nitrogens with one attached hydrogen (secondary N) is 1. The van der Waals surface area contributed by atoms with Gasteiger partial charge in [-0.25, -0.2) is 0 Å². The molecule has 0 aliphatic heterocycles. The molecule has 0 saturated heterocycles. The molecule has 1 aromatic heterocycles. The molecule has 0 aliphatic carbocycles. The normalized spacial score (nSPS) is 12.8. The van der Waals surface area contributed by atoms with E-state index in [4.69, 9.17) is 5.11 Å². The van der Waals surface area contributed by atoms with Gasteiger partial charge in [-0.3, -0.25) is 4.98 Å². The van der Waals surface area contributed by atoms with Crippen LogP contribution in [0.3, 0.4) is 0 Å². The van der Waals surface area contributed by atoms with Gasteiger partial charge in [0.05, 0.1) is 0 Å². The maximum atomic E-state index is 8.82. The summed E-state index contributed by atoms with van der Waals surface area (Å²) in [5, 5.41) is 12.1. The lowest BCUT2D eigenvalue weighted by atomic mass is 10.2. The fraction of sp³-hybridized carbons (Fsp3) is 0.500. The molecule has 1 rings (SSSR count). The van der Waals surface area contributed by atoms with Crippen LogP contribution in [-0.4, -0.2) is 23.2 Å². The van der Waals surface area contributed by atoms with Crippen LogP contribution in [0.15, 0.2) is 22.9 Å². The number of aliphatic hydroxyl groups excluding tert-OH is 1. The lowest BCUT2D eigenvalue weighted by Gasteiger charge is -2.09. The van der Waals surface area contributed by atoms with Crippen molar-refractivity contribution in [2.75, 3.05) is 13.2 Å². The molecular weight excluding hydrogens is 244 g/mol. The average molecular weight is 259 g/mol. The molecule has 0 spiro atoms. The van der Waals surface area contributed by atoms with Crippen molar-refractivity contribution in [3.63, 3.8) is 0 Å². The van der Waals surface area contributed by atoms with E-state index in [1.54, 1.807) is 6.20 Å². The molecule has 0 bridgehead atoms. The fourth-order valence-electron chi connectivity index (χ4n) is 1.08. The van der Waals surface area contributed by atoms with Gasteiger partial charge in [0, 0.05) is 36.6 Å². The highest BCUT2D eigenvalue weighted by Gasteiger charge is 1.99. The second-order valence-corrected chi connectivity index (χ2v) is 4.35. The van der Waals surface area contributed by atoms with E-state index in [0.29, 0.717) is 5.92 Å². The summed E-state index contributed by atoms with van der Waals surface area (Å²) in [6.45, 7) is 3.84. The van der Waals surface area contributed by atoms with Crippen molar-refractivity contribution in [1.82, 2.24) is 10.3 Å². The van der Waals surface area contributed by atoms with Crippen LogP contribution in [-0.2, 0) is 6.54 Å². The lowest BCUT2D eigenvalue weighted by molar-refractivity contribution is 0.233. The largest absolute Gasteiger partial charge is 0.396 e. The van der Waals surface area contributed by atoms with Crippen LogP contribution < -0.4 is 5.32 Å². The third-order valence-electron chi connectivity index (χ3n) is 1.90. The van der Waals surface area contributed by atoms with Crippen molar-refractivity contribution in [2.24, 2.45) is 5.92 Å². The summed E-state index contributed by atoms with van der Waals surface area (Å²) in [7, 11) is 0. The van der Waals surface area contributed by atoms with Crippen molar-refractivity contribution in [3.8, 4) is 0 Å². The Hall–Kier alpha value is -0.450. The topological polar surface area (TPSA) is 45.1 Å². The van der Waals surface area contributed by atoms with Crippen LogP contribution in [0, 0.1) is 5.92 Å². The van der Waals surface area contributed by atoms with Crippen LogP contribution in [0.4, 0.5) is 0 Å². The van der Waals surface area contributed by atoms with Gasteiger partial charge >= 0.3 is 0 Å². The van der Waals surface area contributed by atoms with E-state index in [-0.39, 0.29) is 6.61 Å². The van der Waals surface area contributed by atoms with E-state index < -0.39 is 0 Å². The molecule has 1 atom stereocenters. The van der Waals surface area contributed by atoms with Crippen LogP contribution in [0.2, 0.25) is 0 Å². The van der Waals surface area contributed by atoms with Crippen LogP contribution in [0.25, 0.3) is 0 Å². The average Bonchev–Trinajstić information content (AvgIpc) is 2.17. The van der Waals surface area contributed by atoms with Gasteiger partial charge in [0.2, 0.25) is 0 Å². The Morgan fingerprint density at radius 2 is 2.36 bits per heavy atom. The molecule has 0 aliphatic rings. The second kappa shape index (κ2) is 6.11. The first-order valence-electron chi connectivity index (χ1n) is 4.63. The zero-order valence-electron chi connectivity index (χ0n) is 8.20. The second-order valence-electron chi connectivity index (χ2n) is 3.43. The summed E-state index contributed by atoms with van der Waals surface area (Å²) in [5.74, 6) is 0.301. The first kappa shape index (κ1) is 11.6. The van der Waals surface area contributed by atoms with Gasteiger partial charge in [-0.15, -0.1) is 0 Å². The Morgan fingerprint density at radius 3 is 3.00 bits per heavy atom. The fourth-order valence-corrected chi connectivity index (χ4v) is 1.49. The molecule has 14 heavy (non-hydrogen) atoms. The monoisotopic (exact) mass is 258 g/mol. The number of pyridine rings is 1. The molecular formula is C10H15BrN2O. The van der Waals surface area contributed by atoms with Crippen molar-refractivity contribution in [2.45, 2.75) is 13.5 Å².